The molecule has 0 aromatic rings. The van der Waals surface area contributed by atoms with E-state index in [1.807, 2.05) is 4.90 Å². The normalized spacial score (nSPS) is 28.3. The van der Waals surface area contributed by atoms with Crippen molar-refractivity contribution in [1.82, 2.24) is 9.80 Å². The molecule has 0 aromatic heterocycles. The van der Waals surface area contributed by atoms with Crippen LogP contribution in [0.2, 0.25) is 0 Å². The monoisotopic (exact) mass is 268 g/mol. The van der Waals surface area contributed by atoms with Crippen LogP contribution in [0.1, 0.15) is 39.0 Å². The lowest BCUT2D eigenvalue weighted by atomic mass is 9.95. The Morgan fingerprint density at radius 2 is 1.74 bits per heavy atom. The zero-order valence-corrected chi connectivity index (χ0v) is 11.7. The number of likely N-dealkylation sites (tertiary alicyclic amines) is 2. The molecule has 0 bridgehead atoms. The van der Waals surface area contributed by atoms with Crippen LogP contribution in [0.25, 0.3) is 0 Å². The van der Waals surface area contributed by atoms with Gasteiger partial charge in [0.05, 0.1) is 5.92 Å². The van der Waals surface area contributed by atoms with Gasteiger partial charge in [0, 0.05) is 26.2 Å². The van der Waals surface area contributed by atoms with Crippen LogP contribution >= 0.6 is 0 Å². The van der Waals surface area contributed by atoms with Crippen molar-refractivity contribution in [2.24, 2.45) is 11.8 Å². The second-order valence-corrected chi connectivity index (χ2v) is 5.77. The Hall–Kier alpha value is -1.26. The van der Waals surface area contributed by atoms with Crippen LogP contribution in [-0.4, -0.2) is 53.1 Å². The Morgan fingerprint density at radius 3 is 2.37 bits per heavy atom. The first-order chi connectivity index (χ1) is 9.11. The fourth-order valence-electron chi connectivity index (χ4n) is 3.12. The number of rotatable bonds is 2. The summed E-state index contributed by atoms with van der Waals surface area (Å²) in [4.78, 5) is 27.1. The smallest absolute Gasteiger partial charge is 0.320 e. The van der Waals surface area contributed by atoms with Crippen molar-refractivity contribution in [3.05, 3.63) is 0 Å². The average Bonchev–Trinajstić information content (AvgIpc) is 2.46. The predicted octanol–water partition coefficient (Wildman–Crippen LogP) is 2.03. The van der Waals surface area contributed by atoms with Crippen molar-refractivity contribution in [2.75, 3.05) is 26.2 Å². The molecule has 2 fully saturated rings. The van der Waals surface area contributed by atoms with Gasteiger partial charge in [-0.3, -0.25) is 4.79 Å². The Bertz CT molecular complexity index is 346. The maximum Gasteiger partial charge on any atom is 0.320 e. The number of amides is 2. The van der Waals surface area contributed by atoms with Crippen LogP contribution < -0.4 is 0 Å². The van der Waals surface area contributed by atoms with Gasteiger partial charge in [0.25, 0.3) is 0 Å². The third kappa shape index (κ3) is 3.39. The first kappa shape index (κ1) is 14.2. The summed E-state index contributed by atoms with van der Waals surface area (Å²) in [7, 11) is 0. The van der Waals surface area contributed by atoms with E-state index < -0.39 is 5.97 Å². The molecule has 2 saturated heterocycles. The number of piperidine rings is 2. The second kappa shape index (κ2) is 6.26. The first-order valence-corrected chi connectivity index (χ1v) is 7.38. The van der Waals surface area contributed by atoms with Gasteiger partial charge < -0.3 is 14.9 Å². The lowest BCUT2D eigenvalue weighted by molar-refractivity contribution is -0.143. The van der Waals surface area contributed by atoms with E-state index in [1.54, 1.807) is 4.90 Å². The van der Waals surface area contributed by atoms with Crippen molar-refractivity contribution in [3.63, 3.8) is 0 Å². The number of carbonyl (C=O) groups excluding carboxylic acids is 1. The molecule has 2 rings (SSSR count). The first-order valence-electron chi connectivity index (χ1n) is 7.38. The highest BCUT2D eigenvalue weighted by molar-refractivity contribution is 5.76. The average molecular weight is 268 g/mol. The maximum absolute atomic E-state index is 12.4. The molecule has 0 radical (unpaired) electrons. The largest absolute Gasteiger partial charge is 0.481 e. The summed E-state index contributed by atoms with van der Waals surface area (Å²) >= 11 is 0. The summed E-state index contributed by atoms with van der Waals surface area (Å²) in [6.07, 6.45) is 4.88. The molecule has 0 saturated carbocycles. The van der Waals surface area contributed by atoms with Gasteiger partial charge in [0.15, 0.2) is 0 Å². The van der Waals surface area contributed by atoms with Gasteiger partial charge in [-0.15, -0.1) is 0 Å². The molecule has 2 atom stereocenters. The standard InChI is InChI=1S/C14H24N2O3/c1-2-11-5-3-7-15(9-11)14(19)16-8-4-6-12(10-16)13(17)18/h11-12H,2-10H2,1H3,(H,17,18)/t11?,12-/m1/s1. The fourth-order valence-corrected chi connectivity index (χ4v) is 3.12. The minimum Gasteiger partial charge on any atom is -0.481 e. The molecule has 0 spiro atoms. The summed E-state index contributed by atoms with van der Waals surface area (Å²) in [6, 6.07) is 0.0455. The minimum absolute atomic E-state index is 0.0455. The lowest BCUT2D eigenvalue weighted by Gasteiger charge is -2.38. The summed E-state index contributed by atoms with van der Waals surface area (Å²) in [6.45, 7) is 4.91. The van der Waals surface area contributed by atoms with E-state index in [0.29, 0.717) is 25.4 Å². The molecule has 0 aromatic carbocycles. The number of hydrogen-bond donors (Lipinski definition) is 1. The van der Waals surface area contributed by atoms with Crippen molar-refractivity contribution >= 4 is 12.0 Å². The molecular weight excluding hydrogens is 244 g/mol. The molecule has 19 heavy (non-hydrogen) atoms. The minimum atomic E-state index is -0.775. The molecule has 1 N–H and O–H groups in total. The third-order valence-electron chi connectivity index (χ3n) is 4.41. The van der Waals surface area contributed by atoms with Gasteiger partial charge in [0.1, 0.15) is 0 Å². The van der Waals surface area contributed by atoms with E-state index in [2.05, 4.69) is 6.92 Å². The number of carboxylic acids is 1. The van der Waals surface area contributed by atoms with Crippen LogP contribution in [-0.2, 0) is 4.79 Å². The van der Waals surface area contributed by atoms with Gasteiger partial charge in [0.2, 0.25) is 0 Å². The van der Waals surface area contributed by atoms with E-state index in [0.717, 1.165) is 32.4 Å². The Labute approximate surface area is 114 Å². The SMILES string of the molecule is CCC1CCCN(C(=O)N2CCC[C@@H](C(=O)O)C2)C1. The van der Waals surface area contributed by atoms with Gasteiger partial charge in [-0.05, 0) is 31.6 Å². The highest BCUT2D eigenvalue weighted by atomic mass is 16.4. The molecule has 2 heterocycles. The van der Waals surface area contributed by atoms with Crippen molar-refractivity contribution in [2.45, 2.75) is 39.0 Å². The molecule has 5 nitrogen and oxygen atoms in total. The fraction of sp³-hybridized carbons (Fsp3) is 0.857. The highest BCUT2D eigenvalue weighted by Crippen LogP contribution is 2.23. The van der Waals surface area contributed by atoms with E-state index in [-0.39, 0.29) is 11.9 Å². The topological polar surface area (TPSA) is 60.9 Å². The molecule has 2 aliphatic rings. The van der Waals surface area contributed by atoms with Crippen LogP contribution in [0.5, 0.6) is 0 Å². The summed E-state index contributed by atoms with van der Waals surface area (Å²) in [5.74, 6) is -0.551. The second-order valence-electron chi connectivity index (χ2n) is 5.77. The molecule has 0 aliphatic carbocycles. The third-order valence-corrected chi connectivity index (χ3v) is 4.41. The van der Waals surface area contributed by atoms with Crippen molar-refractivity contribution < 1.29 is 14.7 Å². The number of aliphatic carboxylic acids is 1. The van der Waals surface area contributed by atoms with Gasteiger partial charge in [-0.1, -0.05) is 13.3 Å². The van der Waals surface area contributed by atoms with Gasteiger partial charge in [-0.2, -0.15) is 0 Å². The molecule has 1 unspecified atom stereocenters. The number of urea groups is 1. The van der Waals surface area contributed by atoms with Gasteiger partial charge in [-0.25, -0.2) is 4.79 Å². The van der Waals surface area contributed by atoms with Gasteiger partial charge >= 0.3 is 12.0 Å². The highest BCUT2D eigenvalue weighted by Gasteiger charge is 2.32. The molecule has 108 valence electrons. The van der Waals surface area contributed by atoms with Crippen LogP contribution in [0.15, 0.2) is 0 Å². The van der Waals surface area contributed by atoms with Crippen LogP contribution in [0.3, 0.4) is 0 Å². The summed E-state index contributed by atoms with van der Waals surface area (Å²) < 4.78 is 0. The summed E-state index contributed by atoms with van der Waals surface area (Å²) in [5.41, 5.74) is 0. The number of nitrogens with zero attached hydrogens (tertiary/aromatic N) is 2. The van der Waals surface area contributed by atoms with E-state index >= 15 is 0 Å². The molecule has 5 heteroatoms. The summed E-state index contributed by atoms with van der Waals surface area (Å²) in [5, 5.41) is 9.08. The molecule has 2 amide bonds. The lowest BCUT2D eigenvalue weighted by Crippen LogP contribution is -2.51. The zero-order valence-electron chi connectivity index (χ0n) is 11.7. The molecule has 2 aliphatic heterocycles. The van der Waals surface area contributed by atoms with Crippen molar-refractivity contribution in [3.8, 4) is 0 Å². The van der Waals surface area contributed by atoms with E-state index in [1.165, 1.54) is 6.42 Å². The van der Waals surface area contributed by atoms with Crippen molar-refractivity contribution in [1.29, 1.82) is 0 Å². The molecular formula is C14H24N2O3. The number of carboxylic acid groups (broad SMARTS) is 1. The quantitative estimate of drug-likeness (QED) is 0.833. The number of hydrogen-bond acceptors (Lipinski definition) is 2. The zero-order chi connectivity index (χ0) is 13.8. The Morgan fingerprint density at radius 1 is 1.11 bits per heavy atom. The van der Waals surface area contributed by atoms with E-state index in [4.69, 9.17) is 5.11 Å². The Kier molecular flexibility index (Phi) is 4.66. The Balaban J connectivity index is 1.93. The maximum atomic E-state index is 12.4. The van der Waals surface area contributed by atoms with E-state index in [9.17, 15) is 9.59 Å². The number of carbonyl (C=O) groups is 2. The van der Waals surface area contributed by atoms with Crippen LogP contribution in [0, 0.1) is 11.8 Å². The predicted molar refractivity (Wildman–Crippen MR) is 71.9 cm³/mol. The van der Waals surface area contributed by atoms with Crippen LogP contribution in [0.4, 0.5) is 4.79 Å².